The third kappa shape index (κ3) is 4.74. The summed E-state index contributed by atoms with van der Waals surface area (Å²) in [5.74, 6) is 1.16. The van der Waals surface area contributed by atoms with E-state index in [2.05, 4.69) is 44.9 Å². The van der Waals surface area contributed by atoms with E-state index in [0.29, 0.717) is 17.4 Å². The molecule has 1 aliphatic rings. The lowest BCUT2D eigenvalue weighted by atomic mass is 9.89. The number of aromatic nitrogens is 2. The molecule has 1 saturated heterocycles. The van der Waals surface area contributed by atoms with Crippen LogP contribution in [-0.2, 0) is 6.18 Å². The lowest BCUT2D eigenvalue weighted by molar-refractivity contribution is -0.141. The van der Waals surface area contributed by atoms with Crippen LogP contribution < -0.4 is 10.6 Å². The van der Waals surface area contributed by atoms with Crippen LogP contribution in [-0.4, -0.2) is 23.1 Å². The predicted molar refractivity (Wildman–Crippen MR) is 107 cm³/mol. The Bertz CT molecular complexity index is 930. The molecule has 1 aliphatic heterocycles. The Hall–Kier alpha value is -2.93. The van der Waals surface area contributed by atoms with Crippen molar-refractivity contribution in [2.24, 2.45) is 0 Å². The van der Waals surface area contributed by atoms with E-state index in [0.717, 1.165) is 36.5 Å². The van der Waals surface area contributed by atoms with Gasteiger partial charge in [-0.15, -0.1) is 0 Å². The van der Waals surface area contributed by atoms with Gasteiger partial charge >= 0.3 is 6.18 Å². The van der Waals surface area contributed by atoms with Crippen LogP contribution in [0.5, 0.6) is 0 Å². The van der Waals surface area contributed by atoms with E-state index >= 15 is 0 Å². The molecule has 150 valence electrons. The Labute approximate surface area is 167 Å². The van der Waals surface area contributed by atoms with Crippen molar-refractivity contribution in [2.45, 2.75) is 24.9 Å². The van der Waals surface area contributed by atoms with Gasteiger partial charge in [0.15, 0.2) is 0 Å². The number of anilines is 2. The van der Waals surface area contributed by atoms with Crippen LogP contribution in [0.25, 0.3) is 11.1 Å². The molecule has 1 aromatic carbocycles. The zero-order valence-corrected chi connectivity index (χ0v) is 15.7. The van der Waals surface area contributed by atoms with E-state index in [4.69, 9.17) is 0 Å². The summed E-state index contributed by atoms with van der Waals surface area (Å²) >= 11 is 0. The van der Waals surface area contributed by atoms with Crippen LogP contribution in [0, 0.1) is 0 Å². The smallest absolute Gasteiger partial charge is 0.339 e. The van der Waals surface area contributed by atoms with Crippen molar-refractivity contribution < 1.29 is 13.2 Å². The first-order chi connectivity index (χ1) is 14.0. The highest BCUT2D eigenvalue weighted by Crippen LogP contribution is 2.29. The molecule has 2 aromatic heterocycles. The zero-order valence-electron chi connectivity index (χ0n) is 15.7. The molecular formula is C22H21F3N4. The fourth-order valence-electron chi connectivity index (χ4n) is 3.52. The maximum absolute atomic E-state index is 12.6. The number of halogens is 3. The van der Waals surface area contributed by atoms with Crippen LogP contribution in [0.4, 0.5) is 24.7 Å². The number of benzene rings is 1. The van der Waals surface area contributed by atoms with E-state index in [1.807, 2.05) is 6.07 Å². The van der Waals surface area contributed by atoms with Gasteiger partial charge in [-0.05, 0) is 67.2 Å². The minimum absolute atomic E-state index is 0.449. The van der Waals surface area contributed by atoms with Crippen molar-refractivity contribution in [3.8, 4) is 11.1 Å². The van der Waals surface area contributed by atoms with E-state index in [1.165, 1.54) is 24.5 Å². The maximum atomic E-state index is 12.6. The molecule has 7 heteroatoms. The Morgan fingerprint density at radius 2 is 1.55 bits per heavy atom. The summed E-state index contributed by atoms with van der Waals surface area (Å²) in [5.41, 5.74) is 2.97. The topological polar surface area (TPSA) is 49.8 Å². The molecular weight excluding hydrogens is 377 g/mol. The molecule has 0 unspecified atom stereocenters. The Balaban J connectivity index is 1.42. The van der Waals surface area contributed by atoms with Gasteiger partial charge in [0.05, 0.1) is 11.9 Å². The number of hydrogen-bond donors (Lipinski definition) is 2. The number of nitrogens with one attached hydrogen (secondary N) is 2. The molecule has 4 nitrogen and oxygen atoms in total. The molecule has 0 bridgehead atoms. The number of pyridine rings is 2. The van der Waals surface area contributed by atoms with Gasteiger partial charge in [-0.1, -0.05) is 24.3 Å². The maximum Gasteiger partial charge on any atom is 0.433 e. The molecule has 3 heterocycles. The fourth-order valence-corrected chi connectivity index (χ4v) is 3.52. The minimum atomic E-state index is -4.44. The van der Waals surface area contributed by atoms with Gasteiger partial charge in [0.1, 0.15) is 11.5 Å². The molecule has 4 rings (SSSR count). The number of hydrogen-bond acceptors (Lipinski definition) is 4. The molecule has 0 radical (unpaired) electrons. The largest absolute Gasteiger partial charge is 0.433 e. The molecule has 29 heavy (non-hydrogen) atoms. The fraction of sp³-hybridized carbons (Fsp3) is 0.273. The molecule has 0 spiro atoms. The van der Waals surface area contributed by atoms with Crippen LogP contribution in [0.1, 0.15) is 30.0 Å². The molecule has 0 atom stereocenters. The lowest BCUT2D eigenvalue weighted by Crippen LogP contribution is -2.26. The lowest BCUT2D eigenvalue weighted by Gasteiger charge is -2.23. The van der Waals surface area contributed by atoms with Crippen LogP contribution in [0.2, 0.25) is 0 Å². The third-order valence-corrected chi connectivity index (χ3v) is 5.14. The molecule has 0 aliphatic carbocycles. The predicted octanol–water partition coefficient (Wildman–Crippen LogP) is 5.37. The summed E-state index contributed by atoms with van der Waals surface area (Å²) in [6.07, 6.45) is 0.791. The Morgan fingerprint density at radius 3 is 2.14 bits per heavy atom. The van der Waals surface area contributed by atoms with Crippen molar-refractivity contribution in [3.63, 3.8) is 0 Å². The molecule has 2 N–H and O–H groups in total. The van der Waals surface area contributed by atoms with Crippen LogP contribution >= 0.6 is 0 Å². The van der Waals surface area contributed by atoms with Crippen LogP contribution in [0.3, 0.4) is 0 Å². The van der Waals surface area contributed by atoms with Crippen molar-refractivity contribution in [1.82, 2.24) is 15.3 Å². The minimum Gasteiger partial charge on any atom is -0.339 e. The summed E-state index contributed by atoms with van der Waals surface area (Å²) in [5, 5.41) is 6.35. The van der Waals surface area contributed by atoms with Gasteiger partial charge < -0.3 is 10.6 Å². The zero-order chi connectivity index (χ0) is 20.3. The van der Waals surface area contributed by atoms with Crippen molar-refractivity contribution in [2.75, 3.05) is 18.4 Å². The summed E-state index contributed by atoms with van der Waals surface area (Å²) < 4.78 is 37.8. The monoisotopic (exact) mass is 398 g/mol. The standard InChI is InChI=1S/C22H21F3N4/c23-22(24,25)20-7-6-19(14-27-20)29-21-8-5-18(13-28-21)16-3-1-15(2-4-16)17-9-11-26-12-10-17/h1-8,13-14,17,26H,9-12H2,(H,28,29). The van der Waals surface area contributed by atoms with E-state index in [9.17, 15) is 13.2 Å². The summed E-state index contributed by atoms with van der Waals surface area (Å²) in [6, 6.07) is 14.6. The van der Waals surface area contributed by atoms with Gasteiger partial charge in [0.2, 0.25) is 0 Å². The second-order valence-electron chi connectivity index (χ2n) is 7.13. The SMILES string of the molecule is FC(F)(F)c1ccc(Nc2ccc(-c3ccc(C4CCNCC4)cc3)cn2)cn1. The van der Waals surface area contributed by atoms with E-state index in [-0.39, 0.29) is 0 Å². The normalized spacial score (nSPS) is 15.3. The summed E-state index contributed by atoms with van der Waals surface area (Å²) in [6.45, 7) is 2.14. The van der Waals surface area contributed by atoms with E-state index in [1.54, 1.807) is 12.3 Å². The van der Waals surface area contributed by atoms with E-state index < -0.39 is 11.9 Å². The quantitative estimate of drug-likeness (QED) is 0.620. The molecule has 0 amide bonds. The van der Waals surface area contributed by atoms with Gasteiger partial charge in [0, 0.05) is 11.8 Å². The highest BCUT2D eigenvalue weighted by molar-refractivity contribution is 5.65. The molecule has 1 fully saturated rings. The molecule has 3 aromatic rings. The van der Waals surface area contributed by atoms with Gasteiger partial charge in [0.25, 0.3) is 0 Å². The number of nitrogens with zero attached hydrogens (tertiary/aromatic N) is 2. The highest BCUT2D eigenvalue weighted by Gasteiger charge is 2.32. The van der Waals surface area contributed by atoms with Crippen LogP contribution in [0.15, 0.2) is 60.9 Å². The highest BCUT2D eigenvalue weighted by atomic mass is 19.4. The number of piperidine rings is 1. The first kappa shape index (κ1) is 19.4. The average Bonchev–Trinajstić information content (AvgIpc) is 2.75. The van der Waals surface area contributed by atoms with Gasteiger partial charge in [-0.3, -0.25) is 0 Å². The van der Waals surface area contributed by atoms with Crippen molar-refractivity contribution in [1.29, 1.82) is 0 Å². The number of alkyl halides is 3. The second-order valence-corrected chi connectivity index (χ2v) is 7.13. The second kappa shape index (κ2) is 8.21. The van der Waals surface area contributed by atoms with Crippen molar-refractivity contribution >= 4 is 11.5 Å². The van der Waals surface area contributed by atoms with Crippen molar-refractivity contribution in [3.05, 3.63) is 72.2 Å². The Morgan fingerprint density at radius 1 is 0.828 bits per heavy atom. The first-order valence-corrected chi connectivity index (χ1v) is 9.56. The summed E-state index contributed by atoms with van der Waals surface area (Å²) in [4.78, 5) is 7.80. The third-order valence-electron chi connectivity index (χ3n) is 5.14. The number of rotatable bonds is 4. The molecule has 0 saturated carbocycles. The summed E-state index contributed by atoms with van der Waals surface area (Å²) in [7, 11) is 0. The Kier molecular flexibility index (Phi) is 5.49. The van der Waals surface area contributed by atoms with Gasteiger partial charge in [-0.25, -0.2) is 9.97 Å². The first-order valence-electron chi connectivity index (χ1n) is 9.56. The van der Waals surface area contributed by atoms with Gasteiger partial charge in [-0.2, -0.15) is 13.2 Å². The average molecular weight is 398 g/mol.